The number of amides is 1. The summed E-state index contributed by atoms with van der Waals surface area (Å²) in [5.41, 5.74) is 7.50. The van der Waals surface area contributed by atoms with Crippen LogP contribution in [0.3, 0.4) is 0 Å². The molecule has 1 heterocycles. The van der Waals surface area contributed by atoms with E-state index in [0.29, 0.717) is 12.0 Å². The molecule has 1 amide bonds. The average molecular weight is 578 g/mol. The monoisotopic (exact) mass is 577 g/mol. The molecule has 0 aromatic heterocycles. The van der Waals surface area contributed by atoms with Crippen molar-refractivity contribution in [3.05, 3.63) is 83.4 Å². The highest BCUT2D eigenvalue weighted by Crippen LogP contribution is 2.59. The van der Waals surface area contributed by atoms with Crippen LogP contribution in [0.25, 0.3) is 11.1 Å². The van der Waals surface area contributed by atoms with E-state index in [1.54, 1.807) is 0 Å². The van der Waals surface area contributed by atoms with Gasteiger partial charge in [-0.1, -0.05) is 30.3 Å². The molecule has 5 heteroatoms. The first kappa shape index (κ1) is 28.5. The molecule has 43 heavy (non-hydrogen) atoms. The fourth-order valence-electron chi connectivity index (χ4n) is 9.19. The summed E-state index contributed by atoms with van der Waals surface area (Å²) >= 11 is 0. The molecule has 4 saturated carbocycles. The number of aryl methyl sites for hydroxylation is 1. The fraction of sp³-hybridized carbons (Fsp3) is 0.500. The number of nitrogens with zero attached hydrogens (tertiary/aromatic N) is 2. The molecular weight excluding hydrogens is 530 g/mol. The van der Waals surface area contributed by atoms with Gasteiger partial charge in [-0.05, 0) is 134 Å². The van der Waals surface area contributed by atoms with Crippen LogP contribution < -0.4 is 15.0 Å². The smallest absolute Gasteiger partial charge is 0.251 e. The van der Waals surface area contributed by atoms with Crippen molar-refractivity contribution in [2.24, 2.45) is 23.2 Å². The third-order valence-electron chi connectivity index (χ3n) is 10.8. The van der Waals surface area contributed by atoms with Gasteiger partial charge >= 0.3 is 0 Å². The Morgan fingerprint density at radius 2 is 1.58 bits per heavy atom. The second kappa shape index (κ2) is 12.0. The largest absolute Gasteiger partial charge is 0.494 e. The summed E-state index contributed by atoms with van der Waals surface area (Å²) < 4.78 is 5.71. The SMILES string of the molecule is CCOc1cccc(-c2ccc(CN3CCN(c4ccc(C(=O)NCC56CC7CC(CC(C7)C5)C6)cc4)CC3)cc2C)c1. The lowest BCUT2D eigenvalue weighted by atomic mass is 9.49. The zero-order valence-electron chi connectivity index (χ0n) is 26.0. The van der Waals surface area contributed by atoms with Gasteiger partial charge in [0.15, 0.2) is 0 Å². The molecule has 5 aliphatic rings. The van der Waals surface area contributed by atoms with Gasteiger partial charge in [-0.3, -0.25) is 9.69 Å². The van der Waals surface area contributed by atoms with Gasteiger partial charge in [0.25, 0.3) is 5.91 Å². The molecule has 0 radical (unpaired) electrons. The second-order valence-corrected chi connectivity index (χ2v) is 14.0. The number of carbonyl (C=O) groups excluding carboxylic acids is 1. The first-order valence-electron chi connectivity index (χ1n) is 16.6. The minimum absolute atomic E-state index is 0.0930. The van der Waals surface area contributed by atoms with Gasteiger partial charge in [0.2, 0.25) is 0 Å². The maximum absolute atomic E-state index is 13.1. The molecule has 226 valence electrons. The Balaban J connectivity index is 0.900. The Labute approximate surface area is 257 Å². The number of benzene rings is 3. The number of anilines is 1. The van der Waals surface area contributed by atoms with Gasteiger partial charge in [-0.25, -0.2) is 0 Å². The molecule has 0 atom stereocenters. The highest BCUT2D eigenvalue weighted by molar-refractivity contribution is 5.94. The van der Waals surface area contributed by atoms with Crippen molar-refractivity contribution >= 4 is 11.6 Å². The van der Waals surface area contributed by atoms with Crippen molar-refractivity contribution in [3.63, 3.8) is 0 Å². The molecule has 3 aromatic rings. The summed E-state index contributed by atoms with van der Waals surface area (Å²) in [7, 11) is 0. The van der Waals surface area contributed by atoms with Crippen LogP contribution in [0.15, 0.2) is 66.7 Å². The van der Waals surface area contributed by atoms with Crippen molar-refractivity contribution < 1.29 is 9.53 Å². The summed E-state index contributed by atoms with van der Waals surface area (Å²) in [4.78, 5) is 18.1. The van der Waals surface area contributed by atoms with E-state index in [0.717, 1.165) is 68.3 Å². The Morgan fingerprint density at radius 1 is 0.884 bits per heavy atom. The van der Waals surface area contributed by atoms with E-state index in [4.69, 9.17) is 4.74 Å². The van der Waals surface area contributed by atoms with E-state index in [2.05, 4.69) is 70.6 Å². The van der Waals surface area contributed by atoms with Crippen LogP contribution in [-0.2, 0) is 6.54 Å². The van der Waals surface area contributed by atoms with Gasteiger partial charge in [0.1, 0.15) is 5.75 Å². The van der Waals surface area contributed by atoms with Gasteiger partial charge in [0.05, 0.1) is 6.61 Å². The topological polar surface area (TPSA) is 44.8 Å². The van der Waals surface area contributed by atoms with E-state index in [1.165, 1.54) is 66.5 Å². The standard InChI is InChI=1S/C38H47N3O2/c1-3-43-35-6-4-5-33(21-35)36-12-7-28(17-27(36)2)25-40-13-15-41(16-14-40)34-10-8-32(9-11-34)37(42)39-26-38-22-29-18-30(23-38)20-31(19-29)24-38/h4-12,17,21,29-31H,3,13-16,18-20,22-26H2,1-2H3,(H,39,42). The second-order valence-electron chi connectivity index (χ2n) is 14.0. The Morgan fingerprint density at radius 3 is 2.23 bits per heavy atom. The molecule has 5 nitrogen and oxygen atoms in total. The van der Waals surface area contributed by atoms with Gasteiger partial charge in [-0.15, -0.1) is 0 Å². The van der Waals surface area contributed by atoms with Gasteiger partial charge in [0, 0.05) is 50.5 Å². The molecule has 4 aliphatic carbocycles. The molecule has 3 aromatic carbocycles. The fourth-order valence-corrected chi connectivity index (χ4v) is 9.19. The number of rotatable bonds is 9. The number of carbonyl (C=O) groups is 1. The first-order chi connectivity index (χ1) is 20.9. The summed E-state index contributed by atoms with van der Waals surface area (Å²) in [6.45, 7) is 10.8. The Hall–Kier alpha value is -3.31. The van der Waals surface area contributed by atoms with Crippen molar-refractivity contribution in [2.75, 3.05) is 44.2 Å². The quantitative estimate of drug-likeness (QED) is 0.289. The molecule has 1 saturated heterocycles. The Kier molecular flexibility index (Phi) is 7.94. The zero-order chi connectivity index (χ0) is 29.4. The van der Waals surface area contributed by atoms with Crippen molar-refractivity contribution in [2.45, 2.75) is 58.9 Å². The van der Waals surface area contributed by atoms with E-state index >= 15 is 0 Å². The minimum atomic E-state index is 0.0930. The number of hydrogen-bond acceptors (Lipinski definition) is 4. The highest BCUT2D eigenvalue weighted by atomic mass is 16.5. The number of ether oxygens (including phenoxy) is 1. The van der Waals surface area contributed by atoms with E-state index in [1.807, 2.05) is 25.1 Å². The van der Waals surface area contributed by atoms with E-state index in [9.17, 15) is 4.79 Å². The first-order valence-corrected chi connectivity index (χ1v) is 16.6. The molecule has 0 spiro atoms. The van der Waals surface area contributed by atoms with Crippen LogP contribution >= 0.6 is 0 Å². The average Bonchev–Trinajstić information content (AvgIpc) is 3.00. The van der Waals surface area contributed by atoms with Crippen LogP contribution in [0.2, 0.25) is 0 Å². The van der Waals surface area contributed by atoms with Crippen LogP contribution in [0.5, 0.6) is 5.75 Å². The zero-order valence-corrected chi connectivity index (χ0v) is 26.0. The number of hydrogen-bond donors (Lipinski definition) is 1. The molecule has 5 fully saturated rings. The molecular formula is C38H47N3O2. The number of nitrogens with one attached hydrogen (secondary N) is 1. The Bertz CT molecular complexity index is 1400. The number of piperazine rings is 1. The maximum Gasteiger partial charge on any atom is 0.251 e. The summed E-state index contributed by atoms with van der Waals surface area (Å²) in [6.07, 6.45) is 8.33. The normalized spacial score (nSPS) is 26.5. The molecule has 0 unspecified atom stereocenters. The van der Waals surface area contributed by atoms with Crippen LogP contribution in [0, 0.1) is 30.1 Å². The van der Waals surface area contributed by atoms with Crippen molar-refractivity contribution in [1.29, 1.82) is 0 Å². The lowest BCUT2D eigenvalue weighted by Gasteiger charge is -2.56. The predicted octanol–water partition coefficient (Wildman–Crippen LogP) is 7.33. The van der Waals surface area contributed by atoms with E-state index < -0.39 is 0 Å². The summed E-state index contributed by atoms with van der Waals surface area (Å²) in [5.74, 6) is 3.77. The van der Waals surface area contributed by atoms with Crippen LogP contribution in [0.1, 0.15) is 66.9 Å². The van der Waals surface area contributed by atoms with Crippen molar-refractivity contribution in [1.82, 2.24) is 10.2 Å². The van der Waals surface area contributed by atoms with Crippen LogP contribution in [0.4, 0.5) is 5.69 Å². The minimum Gasteiger partial charge on any atom is -0.494 e. The molecule has 8 rings (SSSR count). The molecule has 1 aliphatic heterocycles. The highest BCUT2D eigenvalue weighted by Gasteiger charge is 2.50. The lowest BCUT2D eigenvalue weighted by Crippen LogP contribution is -2.51. The third kappa shape index (κ3) is 6.20. The van der Waals surface area contributed by atoms with Crippen molar-refractivity contribution in [3.8, 4) is 16.9 Å². The lowest BCUT2D eigenvalue weighted by molar-refractivity contribution is -0.0503. The summed E-state index contributed by atoms with van der Waals surface area (Å²) in [5, 5.41) is 3.34. The van der Waals surface area contributed by atoms with Crippen LogP contribution in [-0.4, -0.2) is 50.1 Å². The predicted molar refractivity (Wildman–Crippen MR) is 175 cm³/mol. The molecule has 4 bridgehead atoms. The molecule has 1 N–H and O–H groups in total. The summed E-state index contributed by atoms with van der Waals surface area (Å²) in [6, 6.07) is 23.6. The van der Waals surface area contributed by atoms with Gasteiger partial charge < -0.3 is 15.0 Å². The maximum atomic E-state index is 13.1. The van der Waals surface area contributed by atoms with E-state index in [-0.39, 0.29) is 5.91 Å². The third-order valence-corrected chi connectivity index (χ3v) is 10.8. The van der Waals surface area contributed by atoms with Gasteiger partial charge in [-0.2, -0.15) is 0 Å².